The van der Waals surface area contributed by atoms with Crippen molar-refractivity contribution in [3.8, 4) is 5.88 Å². The van der Waals surface area contributed by atoms with Crippen molar-refractivity contribution < 1.29 is 4.74 Å². The summed E-state index contributed by atoms with van der Waals surface area (Å²) < 4.78 is 6.89. The van der Waals surface area contributed by atoms with Crippen LogP contribution in [0.15, 0.2) is 30.9 Å². The van der Waals surface area contributed by atoms with Crippen LogP contribution in [0.1, 0.15) is 5.56 Å². The maximum absolute atomic E-state index is 5.11. The number of aryl methyl sites for hydroxylation is 1. The van der Waals surface area contributed by atoms with Gasteiger partial charge in [-0.15, -0.1) is 0 Å². The molecule has 0 bridgehead atoms. The first-order valence-corrected chi connectivity index (χ1v) is 8.33. The lowest BCUT2D eigenvalue weighted by molar-refractivity contribution is 0.249. The van der Waals surface area contributed by atoms with Gasteiger partial charge >= 0.3 is 0 Å². The van der Waals surface area contributed by atoms with Gasteiger partial charge in [0.1, 0.15) is 12.1 Å². The molecule has 1 aliphatic heterocycles. The van der Waals surface area contributed by atoms with Crippen LogP contribution in [0.4, 0.5) is 5.82 Å². The highest BCUT2D eigenvalue weighted by atomic mass is 16.5. The third kappa shape index (κ3) is 3.12. The van der Waals surface area contributed by atoms with Crippen molar-refractivity contribution in [3.05, 3.63) is 36.4 Å². The first-order valence-electron chi connectivity index (χ1n) is 8.33. The highest BCUT2D eigenvalue weighted by molar-refractivity contribution is 5.86. The van der Waals surface area contributed by atoms with E-state index in [9.17, 15) is 0 Å². The maximum Gasteiger partial charge on any atom is 0.212 e. The first-order chi connectivity index (χ1) is 12.2. The Balaban J connectivity index is 1.42. The Labute approximate surface area is 146 Å². The molecule has 0 aromatic carbocycles. The van der Waals surface area contributed by atoms with Crippen LogP contribution >= 0.6 is 0 Å². The van der Waals surface area contributed by atoms with Crippen LogP contribution in [0, 0.1) is 0 Å². The number of rotatable bonds is 4. The number of hydrogen-bond donors (Lipinski definition) is 0. The lowest BCUT2D eigenvalue weighted by Gasteiger charge is -2.35. The Kier molecular flexibility index (Phi) is 4.19. The second-order valence-electron chi connectivity index (χ2n) is 6.17. The van der Waals surface area contributed by atoms with Gasteiger partial charge in [0, 0.05) is 52.0 Å². The molecule has 8 heteroatoms. The minimum Gasteiger partial charge on any atom is -0.481 e. The monoisotopic (exact) mass is 339 g/mol. The Morgan fingerprint density at radius 2 is 1.88 bits per heavy atom. The predicted molar refractivity (Wildman–Crippen MR) is 94.6 cm³/mol. The molecule has 4 heterocycles. The van der Waals surface area contributed by atoms with E-state index in [1.807, 2.05) is 25.5 Å². The van der Waals surface area contributed by atoms with Crippen molar-refractivity contribution in [3.63, 3.8) is 0 Å². The molecule has 0 spiro atoms. The molecule has 1 fully saturated rings. The molecule has 0 aliphatic carbocycles. The topological polar surface area (TPSA) is 72.2 Å². The molecule has 0 atom stereocenters. The Morgan fingerprint density at radius 1 is 1.04 bits per heavy atom. The van der Waals surface area contributed by atoms with Gasteiger partial charge in [-0.1, -0.05) is 6.07 Å². The lowest BCUT2D eigenvalue weighted by atomic mass is 10.2. The molecule has 1 aliphatic rings. The fraction of sp³-hybridized carbons (Fsp3) is 0.412. The fourth-order valence-corrected chi connectivity index (χ4v) is 3.20. The molecule has 4 rings (SSSR count). The molecule has 130 valence electrons. The van der Waals surface area contributed by atoms with E-state index < -0.39 is 0 Å². The van der Waals surface area contributed by atoms with Gasteiger partial charge in [0.05, 0.1) is 18.7 Å². The van der Waals surface area contributed by atoms with Crippen LogP contribution in [-0.2, 0) is 13.6 Å². The third-order valence-corrected chi connectivity index (χ3v) is 4.59. The standard InChI is InChI=1S/C17H21N7O/c1-22-16-14(10-21-22)17(20-12-19-16)24-7-5-23(6-8-24)11-13-3-4-15(25-2)18-9-13/h3-4,9-10,12H,5-8,11H2,1-2H3. The molecular formula is C17H21N7O. The van der Waals surface area contributed by atoms with E-state index in [1.54, 1.807) is 18.1 Å². The van der Waals surface area contributed by atoms with Gasteiger partial charge in [-0.05, 0) is 5.56 Å². The van der Waals surface area contributed by atoms with Gasteiger partial charge in [-0.25, -0.2) is 15.0 Å². The second kappa shape index (κ2) is 6.64. The van der Waals surface area contributed by atoms with Gasteiger partial charge in [0.2, 0.25) is 5.88 Å². The summed E-state index contributed by atoms with van der Waals surface area (Å²) in [5, 5.41) is 5.31. The van der Waals surface area contributed by atoms with E-state index in [4.69, 9.17) is 4.74 Å². The van der Waals surface area contributed by atoms with Crippen LogP contribution < -0.4 is 9.64 Å². The van der Waals surface area contributed by atoms with Gasteiger partial charge < -0.3 is 9.64 Å². The number of nitrogens with zero attached hydrogens (tertiary/aromatic N) is 7. The van der Waals surface area contributed by atoms with Crippen LogP contribution in [-0.4, -0.2) is 62.9 Å². The Bertz CT molecular complexity index is 853. The van der Waals surface area contributed by atoms with Crippen molar-refractivity contribution in [2.24, 2.45) is 7.05 Å². The molecule has 0 amide bonds. The van der Waals surface area contributed by atoms with Gasteiger partial charge in [0.15, 0.2) is 5.65 Å². The number of hydrogen-bond acceptors (Lipinski definition) is 7. The van der Waals surface area contributed by atoms with Crippen molar-refractivity contribution in [1.29, 1.82) is 0 Å². The number of anilines is 1. The number of pyridine rings is 1. The van der Waals surface area contributed by atoms with E-state index in [0.29, 0.717) is 5.88 Å². The zero-order valence-corrected chi connectivity index (χ0v) is 14.5. The number of ether oxygens (including phenoxy) is 1. The highest BCUT2D eigenvalue weighted by Crippen LogP contribution is 2.23. The quantitative estimate of drug-likeness (QED) is 0.704. The summed E-state index contributed by atoms with van der Waals surface area (Å²) in [7, 11) is 3.54. The summed E-state index contributed by atoms with van der Waals surface area (Å²) in [4.78, 5) is 17.8. The van der Waals surface area contributed by atoms with Crippen molar-refractivity contribution in [1.82, 2.24) is 29.6 Å². The molecule has 0 saturated carbocycles. The summed E-state index contributed by atoms with van der Waals surface area (Å²) in [6, 6.07) is 3.98. The van der Waals surface area contributed by atoms with Crippen molar-refractivity contribution >= 4 is 16.9 Å². The number of aromatic nitrogens is 5. The molecule has 1 saturated heterocycles. The molecule has 3 aromatic heterocycles. The summed E-state index contributed by atoms with van der Waals surface area (Å²) >= 11 is 0. The van der Waals surface area contributed by atoms with Crippen LogP contribution in [0.5, 0.6) is 5.88 Å². The van der Waals surface area contributed by atoms with Crippen LogP contribution in [0.2, 0.25) is 0 Å². The van der Waals surface area contributed by atoms with Crippen molar-refractivity contribution in [2.45, 2.75) is 6.54 Å². The molecule has 25 heavy (non-hydrogen) atoms. The van der Waals surface area contributed by atoms with E-state index in [-0.39, 0.29) is 0 Å². The fourth-order valence-electron chi connectivity index (χ4n) is 3.20. The minimum absolute atomic E-state index is 0.651. The lowest BCUT2D eigenvalue weighted by Crippen LogP contribution is -2.46. The highest BCUT2D eigenvalue weighted by Gasteiger charge is 2.21. The molecule has 0 radical (unpaired) electrons. The third-order valence-electron chi connectivity index (χ3n) is 4.59. The minimum atomic E-state index is 0.651. The average Bonchev–Trinajstić information content (AvgIpc) is 3.04. The normalized spacial score (nSPS) is 15.7. The van der Waals surface area contributed by atoms with Gasteiger partial charge in [0.25, 0.3) is 0 Å². The maximum atomic E-state index is 5.11. The zero-order valence-electron chi connectivity index (χ0n) is 14.5. The molecule has 0 N–H and O–H groups in total. The molecular weight excluding hydrogens is 318 g/mol. The average molecular weight is 339 g/mol. The Hall–Kier alpha value is -2.74. The summed E-state index contributed by atoms with van der Waals surface area (Å²) in [5.41, 5.74) is 2.07. The van der Waals surface area contributed by atoms with E-state index in [0.717, 1.165) is 49.6 Å². The molecule has 8 nitrogen and oxygen atoms in total. The predicted octanol–water partition coefficient (Wildman–Crippen LogP) is 1.09. The second-order valence-corrected chi connectivity index (χ2v) is 6.17. The SMILES string of the molecule is COc1ccc(CN2CCN(c3ncnc4c3cnn4C)CC2)cn1. The summed E-state index contributed by atoms with van der Waals surface area (Å²) in [6.45, 7) is 4.74. The number of fused-ring (bicyclic) bond motifs is 1. The van der Waals surface area contributed by atoms with E-state index in [2.05, 4.69) is 35.9 Å². The van der Waals surface area contributed by atoms with Crippen LogP contribution in [0.25, 0.3) is 11.0 Å². The smallest absolute Gasteiger partial charge is 0.212 e. The molecule has 3 aromatic rings. The number of methoxy groups -OCH3 is 1. The summed E-state index contributed by atoms with van der Waals surface area (Å²) in [6.07, 6.45) is 5.35. The number of piperazine rings is 1. The van der Waals surface area contributed by atoms with Crippen molar-refractivity contribution in [2.75, 3.05) is 38.2 Å². The summed E-state index contributed by atoms with van der Waals surface area (Å²) in [5.74, 6) is 1.63. The molecule has 0 unspecified atom stereocenters. The van der Waals surface area contributed by atoms with Gasteiger partial charge in [-0.3, -0.25) is 9.58 Å². The first kappa shape index (κ1) is 15.8. The largest absolute Gasteiger partial charge is 0.481 e. The van der Waals surface area contributed by atoms with E-state index >= 15 is 0 Å². The van der Waals surface area contributed by atoms with Gasteiger partial charge in [-0.2, -0.15) is 5.10 Å². The van der Waals surface area contributed by atoms with E-state index in [1.165, 1.54) is 5.56 Å². The zero-order chi connectivity index (χ0) is 17.2. The Morgan fingerprint density at radius 3 is 2.60 bits per heavy atom. The van der Waals surface area contributed by atoms with Crippen LogP contribution in [0.3, 0.4) is 0 Å².